The van der Waals surface area contributed by atoms with Crippen molar-refractivity contribution in [2.24, 2.45) is 0 Å². The van der Waals surface area contributed by atoms with Crippen molar-refractivity contribution < 1.29 is 19.4 Å². The van der Waals surface area contributed by atoms with E-state index in [2.05, 4.69) is 15.3 Å². The minimum absolute atomic E-state index is 0.0341. The second kappa shape index (κ2) is 6.75. The SMILES string of the molecule is CC(=O)c1sc2nc(NC(C)(C)CO)nc(-c3cccc(O)c3F)c2c1N. The number of anilines is 2. The first-order valence-electron chi connectivity index (χ1n) is 8.12. The van der Waals surface area contributed by atoms with Crippen molar-refractivity contribution in [3.63, 3.8) is 0 Å². The molecular weight excluding hydrogens is 371 g/mol. The van der Waals surface area contributed by atoms with Gasteiger partial charge in [0, 0.05) is 12.5 Å². The lowest BCUT2D eigenvalue weighted by atomic mass is 10.1. The highest BCUT2D eigenvalue weighted by molar-refractivity contribution is 7.21. The zero-order valence-corrected chi connectivity index (χ0v) is 15.8. The van der Waals surface area contributed by atoms with Gasteiger partial charge in [0.2, 0.25) is 5.95 Å². The van der Waals surface area contributed by atoms with E-state index >= 15 is 0 Å². The number of phenols is 1. The largest absolute Gasteiger partial charge is 0.505 e. The Balaban J connectivity index is 2.34. The lowest BCUT2D eigenvalue weighted by Crippen LogP contribution is -2.35. The average Bonchev–Trinajstić information content (AvgIpc) is 2.93. The van der Waals surface area contributed by atoms with E-state index in [-0.39, 0.29) is 35.3 Å². The summed E-state index contributed by atoms with van der Waals surface area (Å²) in [6, 6.07) is 4.17. The van der Waals surface area contributed by atoms with Gasteiger partial charge in [0.1, 0.15) is 4.83 Å². The molecule has 2 heterocycles. The Hall–Kier alpha value is -2.78. The maximum Gasteiger partial charge on any atom is 0.225 e. The van der Waals surface area contributed by atoms with Crippen LogP contribution in [0.1, 0.15) is 30.4 Å². The van der Waals surface area contributed by atoms with Crippen LogP contribution in [0.15, 0.2) is 18.2 Å². The minimum atomic E-state index is -0.847. The van der Waals surface area contributed by atoms with E-state index in [1.165, 1.54) is 25.1 Å². The van der Waals surface area contributed by atoms with Crippen molar-refractivity contribution >= 4 is 39.0 Å². The second-order valence-electron chi connectivity index (χ2n) is 6.78. The highest BCUT2D eigenvalue weighted by Gasteiger charge is 2.24. The summed E-state index contributed by atoms with van der Waals surface area (Å²) in [5.74, 6) is -1.46. The molecule has 0 unspecified atom stereocenters. The predicted molar refractivity (Wildman–Crippen MR) is 104 cm³/mol. The fourth-order valence-corrected chi connectivity index (χ4v) is 3.57. The summed E-state index contributed by atoms with van der Waals surface area (Å²) >= 11 is 1.09. The van der Waals surface area contributed by atoms with Crippen LogP contribution in [0.25, 0.3) is 21.5 Å². The number of carbonyl (C=O) groups excluding carboxylic acids is 1. The van der Waals surface area contributed by atoms with Crippen molar-refractivity contribution in [1.82, 2.24) is 9.97 Å². The molecule has 0 aliphatic rings. The molecule has 9 heteroatoms. The molecule has 0 atom stereocenters. The normalized spacial score (nSPS) is 11.7. The molecule has 2 aromatic heterocycles. The Labute approximate surface area is 158 Å². The van der Waals surface area contributed by atoms with Crippen LogP contribution in [0.5, 0.6) is 5.75 Å². The van der Waals surface area contributed by atoms with Gasteiger partial charge in [-0.15, -0.1) is 11.3 Å². The zero-order chi connectivity index (χ0) is 19.9. The van der Waals surface area contributed by atoms with Crippen molar-refractivity contribution in [2.45, 2.75) is 26.3 Å². The Morgan fingerprint density at radius 3 is 2.70 bits per heavy atom. The van der Waals surface area contributed by atoms with E-state index in [1.807, 2.05) is 0 Å². The number of phenolic OH excluding ortho intramolecular Hbond substituents is 1. The lowest BCUT2D eigenvalue weighted by Gasteiger charge is -2.23. The van der Waals surface area contributed by atoms with Crippen LogP contribution in [-0.2, 0) is 0 Å². The van der Waals surface area contributed by atoms with E-state index in [4.69, 9.17) is 5.73 Å². The van der Waals surface area contributed by atoms with Gasteiger partial charge in [-0.2, -0.15) is 0 Å². The molecule has 3 rings (SSSR count). The molecule has 0 aliphatic heterocycles. The molecule has 0 amide bonds. The van der Waals surface area contributed by atoms with Gasteiger partial charge < -0.3 is 21.3 Å². The number of nitrogen functional groups attached to an aromatic ring is 1. The summed E-state index contributed by atoms with van der Waals surface area (Å²) in [5, 5.41) is 22.6. The van der Waals surface area contributed by atoms with Gasteiger partial charge in [0.15, 0.2) is 17.3 Å². The number of nitrogens with one attached hydrogen (secondary N) is 1. The third kappa shape index (κ3) is 3.43. The molecule has 5 N–H and O–H groups in total. The predicted octanol–water partition coefficient (Wildman–Crippen LogP) is 3.17. The van der Waals surface area contributed by atoms with Crippen LogP contribution in [0, 0.1) is 5.82 Å². The number of rotatable bonds is 5. The molecule has 7 nitrogen and oxygen atoms in total. The number of aromatic hydroxyl groups is 1. The number of hydrogen-bond donors (Lipinski definition) is 4. The van der Waals surface area contributed by atoms with Gasteiger partial charge in [-0.25, -0.2) is 14.4 Å². The van der Waals surface area contributed by atoms with Crippen molar-refractivity contribution in [3.05, 3.63) is 28.9 Å². The molecule has 0 spiro atoms. The van der Waals surface area contributed by atoms with Gasteiger partial charge in [-0.1, -0.05) is 6.07 Å². The monoisotopic (exact) mass is 390 g/mol. The summed E-state index contributed by atoms with van der Waals surface area (Å²) in [6.45, 7) is 4.70. The lowest BCUT2D eigenvalue weighted by molar-refractivity contribution is 0.102. The molecule has 0 fully saturated rings. The van der Waals surface area contributed by atoms with Crippen LogP contribution in [0.3, 0.4) is 0 Å². The maximum absolute atomic E-state index is 14.6. The Kier molecular flexibility index (Phi) is 4.75. The van der Waals surface area contributed by atoms with Crippen molar-refractivity contribution in [2.75, 3.05) is 17.7 Å². The summed E-state index contributed by atoms with van der Waals surface area (Å²) in [5.41, 5.74) is 5.77. The average molecular weight is 390 g/mol. The van der Waals surface area contributed by atoms with Crippen LogP contribution in [0.2, 0.25) is 0 Å². The number of fused-ring (bicyclic) bond motifs is 1. The van der Waals surface area contributed by atoms with Gasteiger partial charge in [0.25, 0.3) is 0 Å². The summed E-state index contributed by atoms with van der Waals surface area (Å²) in [7, 11) is 0. The summed E-state index contributed by atoms with van der Waals surface area (Å²) < 4.78 is 14.6. The van der Waals surface area contributed by atoms with E-state index < -0.39 is 17.1 Å². The second-order valence-corrected chi connectivity index (χ2v) is 7.78. The quantitative estimate of drug-likeness (QED) is 0.494. The van der Waals surface area contributed by atoms with Crippen molar-refractivity contribution in [3.8, 4) is 17.0 Å². The zero-order valence-electron chi connectivity index (χ0n) is 15.0. The molecule has 3 aromatic rings. The molecule has 0 saturated heterocycles. The van der Waals surface area contributed by atoms with Gasteiger partial charge in [0.05, 0.1) is 33.8 Å². The minimum Gasteiger partial charge on any atom is -0.505 e. The molecule has 0 aliphatic carbocycles. The van der Waals surface area contributed by atoms with Crippen LogP contribution in [-0.4, -0.2) is 38.1 Å². The third-order valence-electron chi connectivity index (χ3n) is 3.99. The van der Waals surface area contributed by atoms with Crippen molar-refractivity contribution in [1.29, 1.82) is 0 Å². The first-order chi connectivity index (χ1) is 12.6. The van der Waals surface area contributed by atoms with Crippen LogP contribution < -0.4 is 11.1 Å². The van der Waals surface area contributed by atoms with Crippen LogP contribution >= 0.6 is 11.3 Å². The first-order valence-corrected chi connectivity index (χ1v) is 8.94. The number of hydrogen-bond acceptors (Lipinski definition) is 8. The number of nitrogens with zero attached hydrogens (tertiary/aromatic N) is 2. The molecule has 0 bridgehead atoms. The smallest absolute Gasteiger partial charge is 0.225 e. The summed E-state index contributed by atoms with van der Waals surface area (Å²) in [4.78, 5) is 21.3. The molecule has 0 saturated carbocycles. The van der Waals surface area contributed by atoms with E-state index in [1.54, 1.807) is 13.8 Å². The fraction of sp³-hybridized carbons (Fsp3) is 0.278. The Bertz CT molecular complexity index is 1050. The number of halogens is 1. The fourth-order valence-electron chi connectivity index (χ4n) is 2.58. The summed E-state index contributed by atoms with van der Waals surface area (Å²) in [6.07, 6.45) is 0. The van der Waals surface area contributed by atoms with E-state index in [0.717, 1.165) is 11.3 Å². The Morgan fingerprint density at radius 1 is 1.37 bits per heavy atom. The topological polar surface area (TPSA) is 121 Å². The van der Waals surface area contributed by atoms with Crippen LogP contribution in [0.4, 0.5) is 16.0 Å². The molecule has 0 radical (unpaired) electrons. The highest BCUT2D eigenvalue weighted by Crippen LogP contribution is 2.41. The molecule has 27 heavy (non-hydrogen) atoms. The number of benzene rings is 1. The number of Topliss-reactive ketones (excluding diaryl/α,β-unsaturated/α-hetero) is 1. The molecule has 1 aromatic carbocycles. The number of aromatic nitrogens is 2. The number of carbonyl (C=O) groups is 1. The van der Waals surface area contributed by atoms with E-state index in [9.17, 15) is 19.4 Å². The standard InChI is InChI=1S/C18H19FN4O3S/c1-8(25)15-13(20)11-14(9-5-4-6-10(26)12(9)19)21-17(22-16(11)27-15)23-18(2,3)7-24/h4-6,24,26H,7,20H2,1-3H3,(H,21,22,23). The Morgan fingerprint density at radius 2 is 2.07 bits per heavy atom. The first kappa shape index (κ1) is 19.0. The number of ketones is 1. The molecule has 142 valence electrons. The van der Waals surface area contributed by atoms with Gasteiger partial charge in [-0.05, 0) is 26.0 Å². The number of thiophene rings is 1. The number of aliphatic hydroxyl groups excluding tert-OH is 1. The molecular formula is C18H19FN4O3S. The van der Waals surface area contributed by atoms with Gasteiger partial charge >= 0.3 is 0 Å². The maximum atomic E-state index is 14.6. The number of aliphatic hydroxyl groups is 1. The highest BCUT2D eigenvalue weighted by atomic mass is 32.1. The third-order valence-corrected chi connectivity index (χ3v) is 5.19. The van der Waals surface area contributed by atoms with Gasteiger partial charge in [-0.3, -0.25) is 4.79 Å². The van der Waals surface area contributed by atoms with E-state index in [0.29, 0.717) is 15.1 Å². The number of nitrogens with two attached hydrogens (primary N) is 1.